The van der Waals surface area contributed by atoms with Crippen molar-refractivity contribution in [2.45, 2.75) is 88.9 Å². The van der Waals surface area contributed by atoms with Gasteiger partial charge in [-0.2, -0.15) is 20.2 Å². The molecule has 224 valence electrons. The number of likely N-dealkylation sites (tertiary alicyclic amines) is 1. The Labute approximate surface area is 242 Å². The fourth-order valence-corrected chi connectivity index (χ4v) is 5.77. The predicted molar refractivity (Wildman–Crippen MR) is 145 cm³/mol. The van der Waals surface area contributed by atoms with Crippen molar-refractivity contribution >= 4 is 0 Å². The first-order valence-electron chi connectivity index (χ1n) is 13.9. The van der Waals surface area contributed by atoms with Gasteiger partial charge in [0.25, 0.3) is 0 Å². The highest BCUT2D eigenvalue weighted by Gasteiger charge is 2.37. The molecule has 2 fully saturated rings. The number of halogens is 3. The second-order valence-electron chi connectivity index (χ2n) is 11.6. The number of nitriles is 1. The molecule has 0 aliphatic carbocycles. The molecule has 6 atom stereocenters. The molecular formula is C29H34F3N7O3. The molecule has 4 heterocycles. The molecular weight excluding hydrogens is 551 g/mol. The third kappa shape index (κ3) is 6.05. The van der Waals surface area contributed by atoms with Crippen molar-refractivity contribution in [2.24, 2.45) is 0 Å². The maximum absolute atomic E-state index is 14.6. The summed E-state index contributed by atoms with van der Waals surface area (Å²) in [6.45, 7) is 7.27. The van der Waals surface area contributed by atoms with Crippen LogP contribution in [-0.2, 0) is 5.41 Å². The van der Waals surface area contributed by atoms with Crippen molar-refractivity contribution in [2.75, 3.05) is 13.6 Å². The quantitative estimate of drug-likeness (QED) is 0.388. The Kier molecular flexibility index (Phi) is 8.39. The first-order chi connectivity index (χ1) is 20.0. The van der Waals surface area contributed by atoms with E-state index in [9.17, 15) is 13.2 Å². The molecule has 5 rings (SSSR count). The first-order valence-corrected chi connectivity index (χ1v) is 13.9. The minimum Gasteiger partial charge on any atom is -0.473 e. The third-order valence-electron chi connectivity index (χ3n) is 8.01. The standard InChI is InChI=1S/C29H34F3N7O3/c1-15-22(12-18(34-15)9-10-33)41-24-13-23(40-16(2)21-11-17(30)14-39(21)5)35-26(36-24)27-37-28(42-38-27)29(3,4)25-19(31)7-6-8-20(25)32/h6-8,13,15-18,21-22,34H,9,11-12,14H2,1-5H3/t15-,16+,17-,18-,21+,22-/m1/s1. The van der Waals surface area contributed by atoms with Crippen LogP contribution in [-0.4, -0.2) is 75.1 Å². The van der Waals surface area contributed by atoms with Crippen molar-refractivity contribution in [3.63, 3.8) is 0 Å². The van der Waals surface area contributed by atoms with Crippen LogP contribution >= 0.6 is 0 Å². The van der Waals surface area contributed by atoms with Gasteiger partial charge in [-0.1, -0.05) is 11.2 Å². The van der Waals surface area contributed by atoms with E-state index in [1.807, 2.05) is 25.8 Å². The van der Waals surface area contributed by atoms with Crippen LogP contribution in [0.5, 0.6) is 11.8 Å². The van der Waals surface area contributed by atoms with Gasteiger partial charge in [-0.3, -0.25) is 4.90 Å². The maximum Gasteiger partial charge on any atom is 0.240 e. The van der Waals surface area contributed by atoms with Crippen molar-refractivity contribution in [3.8, 4) is 29.5 Å². The normalized spacial score (nSPS) is 25.4. The van der Waals surface area contributed by atoms with E-state index in [2.05, 4.69) is 31.5 Å². The van der Waals surface area contributed by atoms with Crippen LogP contribution in [0.4, 0.5) is 13.2 Å². The zero-order valence-corrected chi connectivity index (χ0v) is 24.1. The zero-order valence-electron chi connectivity index (χ0n) is 24.1. The van der Waals surface area contributed by atoms with E-state index < -0.39 is 29.3 Å². The summed E-state index contributed by atoms with van der Waals surface area (Å²) in [5.74, 6) is -1.18. The molecule has 13 heteroatoms. The number of ether oxygens (including phenoxy) is 2. The van der Waals surface area contributed by atoms with Gasteiger partial charge in [-0.15, -0.1) is 0 Å². The topological polar surface area (TPSA) is 122 Å². The Balaban J connectivity index is 1.46. The molecule has 10 nitrogen and oxygen atoms in total. The summed E-state index contributed by atoms with van der Waals surface area (Å²) in [5.41, 5.74) is -1.52. The molecule has 1 N–H and O–H groups in total. The van der Waals surface area contributed by atoms with Crippen LogP contribution in [0.1, 0.15) is 58.4 Å². The molecule has 3 aromatic rings. The van der Waals surface area contributed by atoms with Gasteiger partial charge in [0.2, 0.25) is 29.3 Å². The first kappa shape index (κ1) is 29.7. The highest BCUT2D eigenvalue weighted by Crippen LogP contribution is 2.35. The van der Waals surface area contributed by atoms with E-state index in [1.165, 1.54) is 18.2 Å². The molecule has 0 spiro atoms. The second kappa shape index (κ2) is 11.9. The van der Waals surface area contributed by atoms with Gasteiger partial charge in [0.05, 0.1) is 24.0 Å². The van der Waals surface area contributed by atoms with Gasteiger partial charge in [0.1, 0.15) is 30.0 Å². The van der Waals surface area contributed by atoms with E-state index in [4.69, 9.17) is 19.3 Å². The van der Waals surface area contributed by atoms with Gasteiger partial charge in [0, 0.05) is 36.7 Å². The SMILES string of the molecule is C[C@H](Oc1cc(O[C@@H]2C[C@@H](CC#N)N[C@@H]2C)nc(-c2noc(C(C)(C)c3c(F)cccc3F)n2)n1)[C@@H]1C[C@@H](F)CN1C. The van der Waals surface area contributed by atoms with E-state index in [1.54, 1.807) is 19.9 Å². The molecule has 1 aromatic carbocycles. The number of nitrogens with one attached hydrogen (secondary N) is 1. The lowest BCUT2D eigenvalue weighted by atomic mass is 9.83. The van der Waals surface area contributed by atoms with Crippen LogP contribution in [0.3, 0.4) is 0 Å². The molecule has 0 saturated carbocycles. The summed E-state index contributed by atoms with van der Waals surface area (Å²) in [7, 11) is 1.84. The summed E-state index contributed by atoms with van der Waals surface area (Å²) < 4.78 is 61.2. The van der Waals surface area contributed by atoms with E-state index in [0.29, 0.717) is 25.8 Å². The summed E-state index contributed by atoms with van der Waals surface area (Å²) in [4.78, 5) is 15.3. The van der Waals surface area contributed by atoms with Crippen molar-refractivity contribution in [3.05, 3.63) is 47.4 Å². The average molecular weight is 586 g/mol. The Bertz CT molecular complexity index is 1440. The van der Waals surface area contributed by atoms with Crippen molar-refractivity contribution in [1.82, 2.24) is 30.3 Å². The smallest absolute Gasteiger partial charge is 0.240 e. The van der Waals surface area contributed by atoms with E-state index in [0.717, 1.165) is 0 Å². The molecule has 2 saturated heterocycles. The zero-order chi connectivity index (χ0) is 30.2. The van der Waals surface area contributed by atoms with Gasteiger partial charge in [-0.05, 0) is 53.3 Å². The molecule has 42 heavy (non-hydrogen) atoms. The molecule has 2 aliphatic rings. The molecule has 0 unspecified atom stereocenters. The summed E-state index contributed by atoms with van der Waals surface area (Å²) in [6, 6.07) is 7.11. The molecule has 2 aromatic heterocycles. The highest BCUT2D eigenvalue weighted by molar-refractivity contribution is 5.46. The fraction of sp³-hybridized carbons (Fsp3) is 0.552. The van der Waals surface area contributed by atoms with Crippen molar-refractivity contribution < 1.29 is 27.2 Å². The number of alkyl halides is 1. The molecule has 0 bridgehead atoms. The molecule has 2 aliphatic heterocycles. The summed E-state index contributed by atoms with van der Waals surface area (Å²) >= 11 is 0. The minimum absolute atomic E-state index is 0.0145. The Hall–Kier alpha value is -3.76. The lowest BCUT2D eigenvalue weighted by Gasteiger charge is -2.26. The molecule has 0 radical (unpaired) electrons. The Morgan fingerprint density at radius 2 is 1.88 bits per heavy atom. The number of hydrogen-bond donors (Lipinski definition) is 1. The number of likely N-dealkylation sites (N-methyl/N-ethyl adjacent to an activating group) is 1. The average Bonchev–Trinajstić information content (AvgIpc) is 3.63. The largest absolute Gasteiger partial charge is 0.473 e. The number of rotatable bonds is 9. The predicted octanol–water partition coefficient (Wildman–Crippen LogP) is 4.35. The number of hydrogen-bond acceptors (Lipinski definition) is 10. The maximum atomic E-state index is 14.6. The fourth-order valence-electron chi connectivity index (χ4n) is 5.77. The van der Waals surface area contributed by atoms with Gasteiger partial charge < -0.3 is 19.3 Å². The summed E-state index contributed by atoms with van der Waals surface area (Å²) in [5, 5.41) is 16.5. The minimum atomic E-state index is -1.31. The van der Waals surface area contributed by atoms with Gasteiger partial charge in [0.15, 0.2) is 0 Å². The number of aromatic nitrogens is 4. The van der Waals surface area contributed by atoms with E-state index in [-0.39, 0.29) is 59.1 Å². The Morgan fingerprint density at radius 3 is 2.55 bits per heavy atom. The Morgan fingerprint density at radius 1 is 1.17 bits per heavy atom. The van der Waals surface area contributed by atoms with Crippen LogP contribution in [0.25, 0.3) is 11.6 Å². The number of nitrogens with zero attached hydrogens (tertiary/aromatic N) is 6. The molecule has 0 amide bonds. The lowest BCUT2D eigenvalue weighted by Crippen LogP contribution is -2.38. The number of benzene rings is 1. The summed E-state index contributed by atoms with van der Waals surface area (Å²) in [6.07, 6.45) is -0.361. The third-order valence-corrected chi connectivity index (χ3v) is 8.01. The van der Waals surface area contributed by atoms with Crippen LogP contribution in [0.2, 0.25) is 0 Å². The van der Waals surface area contributed by atoms with Crippen molar-refractivity contribution in [1.29, 1.82) is 5.26 Å². The van der Waals surface area contributed by atoms with Gasteiger partial charge in [-0.25, -0.2) is 13.2 Å². The second-order valence-corrected chi connectivity index (χ2v) is 11.6. The lowest BCUT2D eigenvalue weighted by molar-refractivity contribution is 0.115. The van der Waals surface area contributed by atoms with Crippen LogP contribution in [0.15, 0.2) is 28.8 Å². The van der Waals surface area contributed by atoms with Gasteiger partial charge >= 0.3 is 0 Å². The van der Waals surface area contributed by atoms with E-state index >= 15 is 0 Å². The van der Waals surface area contributed by atoms with Crippen LogP contribution < -0.4 is 14.8 Å². The van der Waals surface area contributed by atoms with Crippen LogP contribution in [0, 0.1) is 23.0 Å². The monoisotopic (exact) mass is 585 g/mol. The highest BCUT2D eigenvalue weighted by atomic mass is 19.1.